The number of carbonyl (C=O) groups is 2. The first kappa shape index (κ1) is 11.1. The molecule has 1 aromatic carbocycles. The molecule has 5 heteroatoms. The van der Waals surface area contributed by atoms with Crippen molar-refractivity contribution in [3.63, 3.8) is 0 Å². The van der Waals surface area contributed by atoms with E-state index in [-0.39, 0.29) is 17.4 Å². The van der Waals surface area contributed by atoms with Crippen LogP contribution in [0.25, 0.3) is 0 Å². The Morgan fingerprint density at radius 2 is 2.18 bits per heavy atom. The van der Waals surface area contributed by atoms with Crippen molar-refractivity contribution in [1.82, 2.24) is 4.98 Å². The topological polar surface area (TPSA) is 72.2 Å². The predicted octanol–water partition coefficient (Wildman–Crippen LogP) is 2.13. The number of nitrogens with zero attached hydrogens (tertiary/aromatic N) is 1. The summed E-state index contributed by atoms with van der Waals surface area (Å²) >= 11 is 0. The lowest BCUT2D eigenvalue weighted by atomic mass is 10.1. The van der Waals surface area contributed by atoms with Crippen molar-refractivity contribution in [2.75, 3.05) is 5.32 Å². The fourth-order valence-electron chi connectivity index (χ4n) is 1.34. The summed E-state index contributed by atoms with van der Waals surface area (Å²) in [5.74, 6) is -0.429. The Labute approximate surface area is 97.5 Å². The normalized spacial score (nSPS) is 9.94. The van der Waals surface area contributed by atoms with Crippen LogP contribution in [0.4, 0.5) is 5.69 Å². The average Bonchev–Trinajstić information content (AvgIpc) is 2.82. The molecule has 5 nitrogen and oxygen atoms in total. The Morgan fingerprint density at radius 3 is 2.82 bits per heavy atom. The minimum Gasteiger partial charge on any atom is -0.451 e. The van der Waals surface area contributed by atoms with Gasteiger partial charge in [0.25, 0.3) is 5.91 Å². The maximum absolute atomic E-state index is 11.6. The lowest BCUT2D eigenvalue weighted by molar-refractivity contribution is 0.100. The molecule has 0 radical (unpaired) electrons. The fourth-order valence-corrected chi connectivity index (χ4v) is 1.34. The summed E-state index contributed by atoms with van der Waals surface area (Å²) in [6.07, 6.45) is 2.44. The zero-order valence-electron chi connectivity index (χ0n) is 9.14. The number of nitrogens with one attached hydrogen (secondary N) is 1. The quantitative estimate of drug-likeness (QED) is 0.820. The Balaban J connectivity index is 2.16. The molecule has 2 rings (SSSR count). The summed E-state index contributed by atoms with van der Waals surface area (Å²) in [6, 6.07) is 6.70. The Kier molecular flexibility index (Phi) is 3.00. The highest BCUT2D eigenvalue weighted by molar-refractivity contribution is 6.03. The van der Waals surface area contributed by atoms with Crippen molar-refractivity contribution in [1.29, 1.82) is 0 Å². The van der Waals surface area contributed by atoms with E-state index in [1.54, 1.807) is 24.3 Å². The monoisotopic (exact) mass is 230 g/mol. The highest BCUT2D eigenvalue weighted by Crippen LogP contribution is 2.12. The van der Waals surface area contributed by atoms with Gasteiger partial charge in [0.05, 0.1) is 0 Å². The number of hydrogen-bond acceptors (Lipinski definition) is 4. The maximum Gasteiger partial charge on any atom is 0.277 e. The SMILES string of the molecule is CC(=O)c1cccc(NC(=O)c2cocn2)c1. The molecular formula is C12H10N2O3. The fraction of sp³-hybridized carbons (Fsp3) is 0.0833. The zero-order valence-corrected chi connectivity index (χ0v) is 9.14. The molecule has 17 heavy (non-hydrogen) atoms. The molecule has 0 fully saturated rings. The molecule has 0 saturated heterocycles. The van der Waals surface area contributed by atoms with Gasteiger partial charge in [-0.25, -0.2) is 4.98 Å². The third-order valence-corrected chi connectivity index (χ3v) is 2.19. The third-order valence-electron chi connectivity index (χ3n) is 2.19. The first-order chi connectivity index (χ1) is 8.16. The van der Waals surface area contributed by atoms with Crippen LogP contribution in [0.1, 0.15) is 27.8 Å². The van der Waals surface area contributed by atoms with Gasteiger partial charge in [0.2, 0.25) is 0 Å². The van der Waals surface area contributed by atoms with Gasteiger partial charge in [-0.15, -0.1) is 0 Å². The number of amides is 1. The molecule has 1 heterocycles. The summed E-state index contributed by atoms with van der Waals surface area (Å²) in [5.41, 5.74) is 1.28. The van der Waals surface area contributed by atoms with Crippen LogP contribution in [0.5, 0.6) is 0 Å². The van der Waals surface area contributed by atoms with Gasteiger partial charge in [0.1, 0.15) is 6.26 Å². The number of oxazole rings is 1. The molecular weight excluding hydrogens is 220 g/mol. The van der Waals surface area contributed by atoms with Crippen LogP contribution < -0.4 is 5.32 Å². The number of ketones is 1. The van der Waals surface area contributed by atoms with Crippen molar-refractivity contribution in [2.24, 2.45) is 0 Å². The van der Waals surface area contributed by atoms with Gasteiger partial charge < -0.3 is 9.73 Å². The van der Waals surface area contributed by atoms with E-state index in [1.807, 2.05) is 0 Å². The second kappa shape index (κ2) is 4.61. The summed E-state index contributed by atoms with van der Waals surface area (Å²) < 4.78 is 4.71. The van der Waals surface area contributed by atoms with Gasteiger partial charge in [-0.3, -0.25) is 9.59 Å². The Hall–Kier alpha value is -2.43. The molecule has 86 valence electrons. The van der Waals surface area contributed by atoms with Gasteiger partial charge in [-0.2, -0.15) is 0 Å². The van der Waals surface area contributed by atoms with Crippen LogP contribution >= 0.6 is 0 Å². The number of benzene rings is 1. The molecule has 1 amide bonds. The molecule has 0 aliphatic rings. The number of hydrogen-bond donors (Lipinski definition) is 1. The van der Waals surface area contributed by atoms with Crippen molar-refractivity contribution >= 4 is 17.4 Å². The lowest BCUT2D eigenvalue weighted by Gasteiger charge is -2.04. The first-order valence-corrected chi connectivity index (χ1v) is 4.97. The smallest absolute Gasteiger partial charge is 0.277 e. The number of Topliss-reactive ketones (excluding diaryl/α,β-unsaturated/α-hetero) is 1. The van der Waals surface area contributed by atoms with Crippen LogP contribution in [-0.2, 0) is 0 Å². The molecule has 0 saturated carbocycles. The molecule has 2 aromatic rings. The largest absolute Gasteiger partial charge is 0.451 e. The number of rotatable bonds is 3. The minimum atomic E-state index is -0.376. The van der Waals surface area contributed by atoms with E-state index < -0.39 is 0 Å². The van der Waals surface area contributed by atoms with Gasteiger partial charge in [0, 0.05) is 11.3 Å². The maximum atomic E-state index is 11.6. The first-order valence-electron chi connectivity index (χ1n) is 4.97. The van der Waals surface area contributed by atoms with E-state index in [4.69, 9.17) is 4.42 Å². The van der Waals surface area contributed by atoms with Gasteiger partial charge in [-0.1, -0.05) is 12.1 Å². The molecule has 0 aliphatic heterocycles. The molecule has 1 aromatic heterocycles. The van der Waals surface area contributed by atoms with Crippen LogP contribution in [0, 0.1) is 0 Å². The minimum absolute atomic E-state index is 0.0532. The Bertz CT molecular complexity index is 547. The summed E-state index contributed by atoms with van der Waals surface area (Å²) in [5, 5.41) is 2.63. The third kappa shape index (κ3) is 2.57. The molecule has 0 spiro atoms. The van der Waals surface area contributed by atoms with E-state index in [1.165, 1.54) is 19.6 Å². The number of carbonyl (C=O) groups excluding carboxylic acids is 2. The van der Waals surface area contributed by atoms with Crippen molar-refractivity contribution < 1.29 is 14.0 Å². The second-order valence-electron chi connectivity index (χ2n) is 3.46. The average molecular weight is 230 g/mol. The standard InChI is InChI=1S/C12H10N2O3/c1-8(15)9-3-2-4-10(5-9)14-12(16)11-6-17-7-13-11/h2-7H,1H3,(H,14,16). The zero-order chi connectivity index (χ0) is 12.3. The van der Waals surface area contributed by atoms with E-state index in [9.17, 15) is 9.59 Å². The number of anilines is 1. The van der Waals surface area contributed by atoms with Crippen molar-refractivity contribution in [2.45, 2.75) is 6.92 Å². The van der Waals surface area contributed by atoms with Crippen LogP contribution in [0.15, 0.2) is 41.3 Å². The molecule has 1 N–H and O–H groups in total. The van der Waals surface area contributed by atoms with Crippen molar-refractivity contribution in [3.05, 3.63) is 48.2 Å². The molecule has 0 aliphatic carbocycles. The highest BCUT2D eigenvalue weighted by Gasteiger charge is 2.09. The van der Waals surface area contributed by atoms with E-state index >= 15 is 0 Å². The van der Waals surface area contributed by atoms with Crippen LogP contribution in [0.3, 0.4) is 0 Å². The Morgan fingerprint density at radius 1 is 1.35 bits per heavy atom. The summed E-state index contributed by atoms with van der Waals surface area (Å²) in [7, 11) is 0. The van der Waals surface area contributed by atoms with Gasteiger partial charge in [0.15, 0.2) is 17.9 Å². The van der Waals surface area contributed by atoms with Gasteiger partial charge in [-0.05, 0) is 19.1 Å². The lowest BCUT2D eigenvalue weighted by Crippen LogP contribution is -2.12. The highest BCUT2D eigenvalue weighted by atomic mass is 16.3. The predicted molar refractivity (Wildman–Crippen MR) is 60.9 cm³/mol. The molecule has 0 unspecified atom stereocenters. The van der Waals surface area contributed by atoms with Crippen LogP contribution in [-0.4, -0.2) is 16.7 Å². The summed E-state index contributed by atoms with van der Waals surface area (Å²) in [4.78, 5) is 26.5. The van der Waals surface area contributed by atoms with E-state index in [0.717, 1.165) is 0 Å². The number of aromatic nitrogens is 1. The molecule has 0 bridgehead atoms. The van der Waals surface area contributed by atoms with E-state index in [2.05, 4.69) is 10.3 Å². The van der Waals surface area contributed by atoms with E-state index in [0.29, 0.717) is 11.3 Å². The summed E-state index contributed by atoms with van der Waals surface area (Å²) in [6.45, 7) is 1.47. The molecule has 0 atom stereocenters. The van der Waals surface area contributed by atoms with Crippen LogP contribution in [0.2, 0.25) is 0 Å². The van der Waals surface area contributed by atoms with Crippen molar-refractivity contribution in [3.8, 4) is 0 Å². The van der Waals surface area contributed by atoms with Gasteiger partial charge >= 0.3 is 0 Å². The second-order valence-corrected chi connectivity index (χ2v) is 3.46.